The third-order valence-corrected chi connectivity index (χ3v) is 9.09. The number of hydrogen-bond acceptors (Lipinski definition) is 2. The molecule has 0 fully saturated rings. The van der Waals surface area contributed by atoms with E-state index in [4.69, 9.17) is 5.73 Å². The Hall–Kier alpha value is -3.23. The molecule has 0 radical (unpaired) electrons. The zero-order valence-electron chi connectivity index (χ0n) is 34.1. The molecule has 0 saturated heterocycles. The second kappa shape index (κ2) is 25.7. The Labute approximate surface area is 304 Å². The first-order valence-corrected chi connectivity index (χ1v) is 19.8. The summed E-state index contributed by atoms with van der Waals surface area (Å²) in [6.07, 6.45) is 20.3. The summed E-state index contributed by atoms with van der Waals surface area (Å²) in [5.41, 5.74) is 20.1. The molecule has 1 heterocycles. The molecule has 2 heteroatoms. The Kier molecular flexibility index (Phi) is 24.0. The van der Waals surface area contributed by atoms with Crippen LogP contribution in [0, 0.1) is 5.92 Å². The number of hydrogen-bond donors (Lipinski definition) is 1. The maximum Gasteiger partial charge on any atom is 0.0865 e. The molecule has 0 spiro atoms. The lowest BCUT2D eigenvalue weighted by atomic mass is 9.68. The first-order valence-electron chi connectivity index (χ1n) is 19.8. The minimum absolute atomic E-state index is 0.340. The predicted molar refractivity (Wildman–Crippen MR) is 225 cm³/mol. The largest absolute Gasteiger partial charge is 0.314 e. The minimum atomic E-state index is -0.685. The molecule has 2 aliphatic carbocycles. The van der Waals surface area contributed by atoms with Gasteiger partial charge in [-0.2, -0.15) is 0 Å². The molecule has 49 heavy (non-hydrogen) atoms. The lowest BCUT2D eigenvalue weighted by Gasteiger charge is -2.41. The van der Waals surface area contributed by atoms with E-state index < -0.39 is 5.54 Å². The number of aryl methyl sites for hydroxylation is 3. The summed E-state index contributed by atoms with van der Waals surface area (Å²) in [5.74, 6) is 0.340. The van der Waals surface area contributed by atoms with Gasteiger partial charge in [-0.1, -0.05) is 169 Å². The van der Waals surface area contributed by atoms with E-state index in [-0.39, 0.29) is 0 Å². The molecular weight excluding hydrogens is 593 g/mol. The molecular formula is C47H74N2. The molecule has 0 amide bonds. The monoisotopic (exact) mass is 667 g/mol. The van der Waals surface area contributed by atoms with Gasteiger partial charge in [-0.05, 0) is 108 Å². The van der Waals surface area contributed by atoms with Crippen LogP contribution < -0.4 is 5.73 Å². The van der Waals surface area contributed by atoms with Gasteiger partial charge in [-0.25, -0.2) is 0 Å². The fraction of sp³-hybridized carbons (Fsp3) is 0.511. The van der Waals surface area contributed by atoms with Gasteiger partial charge in [0.2, 0.25) is 0 Å². The van der Waals surface area contributed by atoms with Gasteiger partial charge in [0.15, 0.2) is 0 Å². The van der Waals surface area contributed by atoms with Crippen molar-refractivity contribution in [2.75, 3.05) is 0 Å². The van der Waals surface area contributed by atoms with Crippen LogP contribution in [0.5, 0.6) is 0 Å². The van der Waals surface area contributed by atoms with Gasteiger partial charge >= 0.3 is 0 Å². The second-order valence-corrected chi connectivity index (χ2v) is 11.9. The molecule has 2 atom stereocenters. The number of nitrogens with two attached hydrogens (primary N) is 1. The van der Waals surface area contributed by atoms with Crippen molar-refractivity contribution in [2.45, 2.75) is 153 Å². The van der Waals surface area contributed by atoms with Gasteiger partial charge in [-0.15, -0.1) is 0 Å². The van der Waals surface area contributed by atoms with Crippen LogP contribution in [0.2, 0.25) is 0 Å². The van der Waals surface area contributed by atoms with Crippen LogP contribution in [0.1, 0.15) is 156 Å². The van der Waals surface area contributed by atoms with E-state index >= 15 is 0 Å². The van der Waals surface area contributed by atoms with Crippen LogP contribution in [0.4, 0.5) is 0 Å². The standard InChI is InChI=1S/C35H40N2.C4H10.4C2H6/c1-5-9-32-29-13-8-11-26(20-29)10-7-12-28-21-30(17-15-27(28)6-2)35(36,34-23-37-19-18-25(34)4)31-16-14-24(3)33(32)22-31;1-3-4-2;4*1-2/h5,8-9,11,13,15,17,19-23,25H,1,6-7,10,12,14,16,18,36H2,2-4H3;3-4H2,1-2H3;4*1-2H3/b32-9-;;;;;. The molecule has 5 rings (SSSR count). The predicted octanol–water partition coefficient (Wildman–Crippen LogP) is 14.1. The van der Waals surface area contributed by atoms with Crippen molar-refractivity contribution in [2.24, 2.45) is 16.6 Å². The normalized spacial score (nSPS) is 19.9. The summed E-state index contributed by atoms with van der Waals surface area (Å²) < 4.78 is 0. The van der Waals surface area contributed by atoms with Crippen molar-refractivity contribution in [3.8, 4) is 0 Å². The Balaban J connectivity index is 0.00000171. The van der Waals surface area contributed by atoms with E-state index in [1.54, 1.807) is 0 Å². The van der Waals surface area contributed by atoms with Gasteiger partial charge in [0.25, 0.3) is 0 Å². The highest BCUT2D eigenvalue weighted by molar-refractivity contribution is 5.85. The first-order chi connectivity index (χ1) is 23.9. The second-order valence-electron chi connectivity index (χ2n) is 11.9. The number of benzene rings is 2. The minimum Gasteiger partial charge on any atom is -0.314 e. The number of fused-ring (bicyclic) bond motifs is 5. The van der Waals surface area contributed by atoms with Crippen molar-refractivity contribution in [1.29, 1.82) is 0 Å². The van der Waals surface area contributed by atoms with Crippen molar-refractivity contribution >= 4 is 11.8 Å². The summed E-state index contributed by atoms with van der Waals surface area (Å²) >= 11 is 0. The molecule has 1 aliphatic heterocycles. The molecule has 3 aliphatic rings. The molecule has 2 aromatic rings. The summed E-state index contributed by atoms with van der Waals surface area (Å²) in [6, 6.07) is 16.1. The molecule has 272 valence electrons. The molecule has 6 bridgehead atoms. The van der Waals surface area contributed by atoms with Gasteiger partial charge in [0.1, 0.15) is 0 Å². The number of nitrogens with zero attached hydrogens (tertiary/aromatic N) is 1. The Morgan fingerprint density at radius 3 is 2.14 bits per heavy atom. The van der Waals surface area contributed by atoms with Crippen LogP contribution in [-0.4, -0.2) is 6.21 Å². The van der Waals surface area contributed by atoms with E-state index in [9.17, 15) is 0 Å². The van der Waals surface area contributed by atoms with Crippen LogP contribution >= 0.6 is 0 Å². The Bertz CT molecular complexity index is 1390. The average molecular weight is 667 g/mol. The summed E-state index contributed by atoms with van der Waals surface area (Å²) in [5, 5.41) is 0. The SMILES string of the molecule is C=C/C=C1\C2=C(C)CCC(=C2)C(N)(C2=CN=CCC2C)c2ccc(CC)c(c2)CCCc2cccc1c2.CC.CC.CC.CC.CCCC. The highest BCUT2D eigenvalue weighted by Crippen LogP contribution is 2.46. The van der Waals surface area contributed by atoms with Crippen LogP contribution in [0.25, 0.3) is 5.57 Å². The van der Waals surface area contributed by atoms with Gasteiger partial charge in [0.05, 0.1) is 5.54 Å². The van der Waals surface area contributed by atoms with E-state index in [1.807, 2.05) is 73.9 Å². The van der Waals surface area contributed by atoms with Gasteiger partial charge in [0, 0.05) is 12.4 Å². The van der Waals surface area contributed by atoms with E-state index in [0.717, 1.165) is 44.9 Å². The fourth-order valence-corrected chi connectivity index (χ4v) is 6.36. The Morgan fingerprint density at radius 2 is 1.55 bits per heavy atom. The zero-order valence-corrected chi connectivity index (χ0v) is 34.1. The first kappa shape index (κ1) is 45.8. The average Bonchev–Trinajstić information content (AvgIpc) is 3.17. The van der Waals surface area contributed by atoms with Crippen LogP contribution in [0.15, 0.2) is 101 Å². The number of unbranched alkanes of at least 4 members (excludes halogenated alkanes) is 1. The summed E-state index contributed by atoms with van der Waals surface area (Å²) in [4.78, 5) is 4.61. The lowest BCUT2D eigenvalue weighted by molar-refractivity contribution is 0.502. The van der Waals surface area contributed by atoms with E-state index in [2.05, 4.69) is 101 Å². The lowest BCUT2D eigenvalue weighted by Crippen LogP contribution is -2.44. The third-order valence-electron chi connectivity index (χ3n) is 9.09. The molecule has 2 N–H and O–H groups in total. The van der Waals surface area contributed by atoms with Crippen LogP contribution in [0.3, 0.4) is 0 Å². The number of aliphatic imine (C=N–C) groups is 1. The van der Waals surface area contributed by atoms with Crippen molar-refractivity contribution in [3.63, 3.8) is 0 Å². The summed E-state index contributed by atoms with van der Waals surface area (Å²) in [6.45, 7) is 31.2. The van der Waals surface area contributed by atoms with E-state index in [0.29, 0.717) is 5.92 Å². The smallest absolute Gasteiger partial charge is 0.0865 e. The number of allylic oxidation sites excluding steroid dienone is 6. The maximum atomic E-state index is 7.68. The fourth-order valence-electron chi connectivity index (χ4n) is 6.36. The quantitative estimate of drug-likeness (QED) is 0.346. The summed E-state index contributed by atoms with van der Waals surface area (Å²) in [7, 11) is 0. The Morgan fingerprint density at radius 1 is 0.878 bits per heavy atom. The molecule has 0 saturated carbocycles. The molecule has 0 aromatic heterocycles. The van der Waals surface area contributed by atoms with E-state index in [1.165, 1.54) is 68.5 Å². The van der Waals surface area contributed by atoms with Gasteiger partial charge in [-0.3, -0.25) is 4.99 Å². The zero-order chi connectivity index (χ0) is 37.4. The topological polar surface area (TPSA) is 38.4 Å². The van der Waals surface area contributed by atoms with Crippen molar-refractivity contribution in [3.05, 3.63) is 124 Å². The molecule has 2 unspecified atom stereocenters. The van der Waals surface area contributed by atoms with Crippen molar-refractivity contribution < 1.29 is 0 Å². The highest BCUT2D eigenvalue weighted by atomic mass is 14.8. The highest BCUT2D eigenvalue weighted by Gasteiger charge is 2.40. The maximum absolute atomic E-state index is 7.68. The van der Waals surface area contributed by atoms with Crippen molar-refractivity contribution in [1.82, 2.24) is 0 Å². The third kappa shape index (κ3) is 12.2. The molecule has 2 nitrogen and oxygen atoms in total. The van der Waals surface area contributed by atoms with Gasteiger partial charge < -0.3 is 5.73 Å². The molecule has 2 aromatic carbocycles. The van der Waals surface area contributed by atoms with Crippen LogP contribution in [-0.2, 0) is 24.8 Å². The number of rotatable bonds is 4.